The molecule has 4 heterocycles. The molecule has 4 rings (SSSR count). The van der Waals surface area contributed by atoms with E-state index in [1.807, 2.05) is 32.7 Å². The fraction of sp³-hybridized carbons (Fsp3) is 0.444. The van der Waals surface area contributed by atoms with E-state index in [2.05, 4.69) is 31.0 Å². The fourth-order valence-electron chi connectivity index (χ4n) is 3.80. The minimum absolute atomic E-state index is 0.208. The van der Waals surface area contributed by atoms with Crippen LogP contribution in [0.5, 0.6) is 0 Å². The summed E-state index contributed by atoms with van der Waals surface area (Å²) >= 11 is 0. The maximum atomic E-state index is 11.9. The zero-order valence-electron chi connectivity index (χ0n) is 16.0. The molecule has 0 unspecified atom stereocenters. The van der Waals surface area contributed by atoms with E-state index in [9.17, 15) is 9.90 Å². The van der Waals surface area contributed by atoms with Crippen molar-refractivity contribution in [1.82, 2.24) is 29.4 Å². The molecule has 9 heteroatoms. The highest BCUT2D eigenvalue weighted by Crippen LogP contribution is 2.34. The molecule has 3 aromatic heterocycles. The van der Waals surface area contributed by atoms with Gasteiger partial charge in [-0.25, -0.2) is 9.78 Å². The summed E-state index contributed by atoms with van der Waals surface area (Å²) in [6, 6.07) is 2.10. The Morgan fingerprint density at radius 1 is 1.30 bits per heavy atom. The molecule has 0 fully saturated rings. The van der Waals surface area contributed by atoms with Crippen molar-refractivity contribution in [1.29, 1.82) is 0 Å². The summed E-state index contributed by atoms with van der Waals surface area (Å²) in [4.78, 5) is 20.4. The van der Waals surface area contributed by atoms with E-state index in [4.69, 9.17) is 0 Å². The third-order valence-corrected chi connectivity index (χ3v) is 4.87. The lowest BCUT2D eigenvalue weighted by Gasteiger charge is -2.31. The third kappa shape index (κ3) is 2.93. The second-order valence-electron chi connectivity index (χ2n) is 7.24. The van der Waals surface area contributed by atoms with E-state index in [0.29, 0.717) is 31.0 Å². The number of fused-ring (bicyclic) bond motifs is 2. The van der Waals surface area contributed by atoms with Gasteiger partial charge in [-0.1, -0.05) is 0 Å². The Kier molecular flexibility index (Phi) is 4.11. The van der Waals surface area contributed by atoms with Crippen molar-refractivity contribution in [3.8, 4) is 0 Å². The van der Waals surface area contributed by atoms with Gasteiger partial charge < -0.3 is 14.9 Å². The van der Waals surface area contributed by atoms with Gasteiger partial charge in [0.05, 0.1) is 41.2 Å². The zero-order chi connectivity index (χ0) is 19.3. The number of carboxylic acids is 1. The number of hydrogen-bond acceptors (Lipinski definition) is 6. The van der Waals surface area contributed by atoms with E-state index in [1.54, 1.807) is 4.68 Å². The predicted octanol–water partition coefficient (Wildman–Crippen LogP) is 1.25. The van der Waals surface area contributed by atoms with E-state index in [-0.39, 0.29) is 5.56 Å². The predicted molar refractivity (Wildman–Crippen MR) is 101 cm³/mol. The van der Waals surface area contributed by atoms with Crippen molar-refractivity contribution in [2.24, 2.45) is 7.05 Å². The van der Waals surface area contributed by atoms with E-state index in [1.165, 1.54) is 6.20 Å². The van der Waals surface area contributed by atoms with Crippen LogP contribution in [0.1, 0.15) is 27.4 Å². The molecule has 9 nitrogen and oxygen atoms in total. The van der Waals surface area contributed by atoms with Gasteiger partial charge in [0.2, 0.25) is 0 Å². The van der Waals surface area contributed by atoms with Gasteiger partial charge >= 0.3 is 5.97 Å². The molecule has 0 atom stereocenters. The first-order valence-corrected chi connectivity index (χ1v) is 8.86. The molecule has 1 aliphatic rings. The summed E-state index contributed by atoms with van der Waals surface area (Å²) in [5.74, 6) is -0.977. The van der Waals surface area contributed by atoms with Gasteiger partial charge in [-0.3, -0.25) is 9.36 Å². The van der Waals surface area contributed by atoms with Gasteiger partial charge in [0.25, 0.3) is 0 Å². The normalized spacial score (nSPS) is 14.2. The number of carbonyl (C=O) groups is 1. The first-order chi connectivity index (χ1) is 12.8. The Bertz CT molecular complexity index is 1030. The number of rotatable bonds is 4. The molecule has 0 aromatic carbocycles. The first kappa shape index (κ1) is 17.5. The number of aromatic nitrogens is 5. The number of anilines is 1. The highest BCUT2D eigenvalue weighted by atomic mass is 16.4. The summed E-state index contributed by atoms with van der Waals surface area (Å²) in [6.45, 7) is 4.67. The molecule has 27 heavy (non-hydrogen) atoms. The quantitative estimate of drug-likeness (QED) is 0.740. The second kappa shape index (κ2) is 6.34. The SMILES string of the molecule is Cc1nn(C)c2ncc(C(=O)O)c(N3CCn4nc(CN(C)C)cc4C3)c12. The summed E-state index contributed by atoms with van der Waals surface area (Å²) in [7, 11) is 5.86. The van der Waals surface area contributed by atoms with Crippen molar-refractivity contribution >= 4 is 22.7 Å². The van der Waals surface area contributed by atoms with Crippen LogP contribution in [0.2, 0.25) is 0 Å². The average molecular weight is 369 g/mol. The second-order valence-corrected chi connectivity index (χ2v) is 7.24. The lowest BCUT2D eigenvalue weighted by Crippen LogP contribution is -2.35. The average Bonchev–Trinajstić information content (AvgIpc) is 3.12. The molecule has 0 bridgehead atoms. The van der Waals surface area contributed by atoms with Crippen LogP contribution in [0.4, 0.5) is 5.69 Å². The summed E-state index contributed by atoms with van der Waals surface area (Å²) < 4.78 is 3.72. The molecule has 1 N–H and O–H groups in total. The molecule has 0 spiro atoms. The lowest BCUT2D eigenvalue weighted by molar-refractivity contribution is 0.0697. The summed E-state index contributed by atoms with van der Waals surface area (Å²) in [6.07, 6.45) is 1.44. The lowest BCUT2D eigenvalue weighted by atomic mass is 10.1. The minimum Gasteiger partial charge on any atom is -0.478 e. The maximum Gasteiger partial charge on any atom is 0.339 e. The first-order valence-electron chi connectivity index (χ1n) is 8.86. The van der Waals surface area contributed by atoms with Crippen molar-refractivity contribution < 1.29 is 9.90 Å². The van der Waals surface area contributed by atoms with Crippen molar-refractivity contribution in [3.05, 3.63) is 34.9 Å². The van der Waals surface area contributed by atoms with Crippen LogP contribution in [0, 0.1) is 6.92 Å². The van der Waals surface area contributed by atoms with Gasteiger partial charge in [0.15, 0.2) is 5.65 Å². The van der Waals surface area contributed by atoms with Crippen LogP contribution < -0.4 is 4.90 Å². The summed E-state index contributed by atoms with van der Waals surface area (Å²) in [5, 5.41) is 19.6. The highest BCUT2D eigenvalue weighted by Gasteiger charge is 2.27. The monoisotopic (exact) mass is 369 g/mol. The Hall–Kier alpha value is -2.94. The number of nitrogens with zero attached hydrogens (tertiary/aromatic N) is 7. The largest absolute Gasteiger partial charge is 0.478 e. The fourth-order valence-corrected chi connectivity index (χ4v) is 3.80. The molecular formula is C18H23N7O2. The number of aromatic carboxylic acids is 1. The molecular weight excluding hydrogens is 346 g/mol. The number of hydrogen-bond donors (Lipinski definition) is 1. The van der Waals surface area contributed by atoms with Crippen LogP contribution >= 0.6 is 0 Å². The van der Waals surface area contributed by atoms with Crippen LogP contribution in [-0.4, -0.2) is 61.2 Å². The Labute approximate surface area is 156 Å². The Morgan fingerprint density at radius 2 is 2.07 bits per heavy atom. The van der Waals surface area contributed by atoms with Gasteiger partial charge in [0.1, 0.15) is 5.56 Å². The van der Waals surface area contributed by atoms with Gasteiger partial charge in [-0.2, -0.15) is 10.2 Å². The van der Waals surface area contributed by atoms with Crippen LogP contribution in [0.15, 0.2) is 12.3 Å². The Balaban J connectivity index is 1.79. The molecule has 142 valence electrons. The zero-order valence-corrected chi connectivity index (χ0v) is 16.0. The van der Waals surface area contributed by atoms with Crippen molar-refractivity contribution in [2.75, 3.05) is 25.5 Å². The molecule has 0 amide bonds. The third-order valence-electron chi connectivity index (χ3n) is 4.87. The molecule has 3 aromatic rings. The Morgan fingerprint density at radius 3 is 2.78 bits per heavy atom. The van der Waals surface area contributed by atoms with Crippen LogP contribution in [0.25, 0.3) is 11.0 Å². The van der Waals surface area contributed by atoms with Crippen LogP contribution in [0.3, 0.4) is 0 Å². The van der Waals surface area contributed by atoms with Crippen molar-refractivity contribution in [3.63, 3.8) is 0 Å². The minimum atomic E-state index is -0.977. The standard InChI is InChI=1S/C18H23N7O2/c1-11-15-16(14(18(26)27)8-19-17(15)23(4)20-11)24-5-6-25-13(10-24)7-12(21-25)9-22(2)3/h7-8H,5-6,9-10H2,1-4H3,(H,26,27). The molecule has 0 saturated carbocycles. The topological polar surface area (TPSA) is 92.3 Å². The summed E-state index contributed by atoms with van der Waals surface area (Å²) in [5.41, 5.74) is 4.49. The highest BCUT2D eigenvalue weighted by molar-refractivity contribution is 6.04. The van der Waals surface area contributed by atoms with Gasteiger partial charge in [-0.15, -0.1) is 0 Å². The van der Waals surface area contributed by atoms with Gasteiger partial charge in [0, 0.05) is 26.3 Å². The van der Waals surface area contributed by atoms with Crippen LogP contribution in [-0.2, 0) is 26.7 Å². The van der Waals surface area contributed by atoms with E-state index < -0.39 is 5.97 Å². The number of aryl methyl sites for hydroxylation is 2. The van der Waals surface area contributed by atoms with E-state index >= 15 is 0 Å². The molecule has 1 aliphatic heterocycles. The van der Waals surface area contributed by atoms with E-state index in [0.717, 1.165) is 29.0 Å². The smallest absolute Gasteiger partial charge is 0.339 e. The maximum absolute atomic E-state index is 11.9. The number of carboxylic acid groups (broad SMARTS) is 1. The molecule has 0 saturated heterocycles. The molecule has 0 aliphatic carbocycles. The number of pyridine rings is 1. The molecule has 0 radical (unpaired) electrons. The van der Waals surface area contributed by atoms with Gasteiger partial charge in [-0.05, 0) is 27.1 Å². The van der Waals surface area contributed by atoms with Crippen molar-refractivity contribution in [2.45, 2.75) is 26.6 Å².